The standard InChI is InChI=1S/C11H18ClNO2/c1-3-13-9(5-4-8-14-2)10-6-7-11(12)15-10/h6-7,9,13H,3-5,8H2,1-2H3. The summed E-state index contributed by atoms with van der Waals surface area (Å²) in [5.41, 5.74) is 0. The lowest BCUT2D eigenvalue weighted by Crippen LogP contribution is -2.20. The molecule has 1 rings (SSSR count). The Balaban J connectivity index is 2.49. The average molecular weight is 232 g/mol. The smallest absolute Gasteiger partial charge is 0.193 e. The van der Waals surface area contributed by atoms with Gasteiger partial charge in [0.2, 0.25) is 0 Å². The van der Waals surface area contributed by atoms with E-state index in [1.165, 1.54) is 0 Å². The molecule has 1 aromatic rings. The lowest BCUT2D eigenvalue weighted by atomic mass is 10.1. The van der Waals surface area contributed by atoms with Crippen LogP contribution in [-0.2, 0) is 4.74 Å². The molecule has 0 spiro atoms. The maximum Gasteiger partial charge on any atom is 0.193 e. The second-order valence-electron chi connectivity index (χ2n) is 3.39. The second-order valence-corrected chi connectivity index (χ2v) is 3.76. The molecule has 1 unspecified atom stereocenters. The first-order valence-corrected chi connectivity index (χ1v) is 5.63. The number of halogens is 1. The highest BCUT2D eigenvalue weighted by atomic mass is 35.5. The molecule has 86 valence electrons. The molecule has 0 aliphatic heterocycles. The van der Waals surface area contributed by atoms with Crippen molar-refractivity contribution in [3.05, 3.63) is 23.1 Å². The van der Waals surface area contributed by atoms with Gasteiger partial charge in [-0.05, 0) is 43.1 Å². The summed E-state index contributed by atoms with van der Waals surface area (Å²) in [6, 6.07) is 3.93. The van der Waals surface area contributed by atoms with Crippen molar-refractivity contribution in [1.29, 1.82) is 0 Å². The minimum Gasteiger partial charge on any atom is -0.448 e. The number of hydrogen-bond acceptors (Lipinski definition) is 3. The van der Waals surface area contributed by atoms with E-state index in [-0.39, 0.29) is 6.04 Å². The Bertz CT molecular complexity index is 275. The van der Waals surface area contributed by atoms with E-state index >= 15 is 0 Å². The van der Waals surface area contributed by atoms with Gasteiger partial charge in [-0.2, -0.15) is 0 Å². The number of nitrogens with one attached hydrogen (secondary N) is 1. The summed E-state index contributed by atoms with van der Waals surface area (Å²) >= 11 is 5.75. The van der Waals surface area contributed by atoms with E-state index in [1.54, 1.807) is 13.2 Å². The molecule has 1 aromatic heterocycles. The highest BCUT2D eigenvalue weighted by Crippen LogP contribution is 2.23. The van der Waals surface area contributed by atoms with Gasteiger partial charge in [0.1, 0.15) is 5.76 Å². The molecule has 1 N–H and O–H groups in total. The van der Waals surface area contributed by atoms with Crippen molar-refractivity contribution in [3.63, 3.8) is 0 Å². The fraction of sp³-hybridized carbons (Fsp3) is 0.636. The molecule has 0 radical (unpaired) electrons. The molecule has 0 saturated heterocycles. The van der Waals surface area contributed by atoms with Gasteiger partial charge in [0.15, 0.2) is 5.22 Å². The van der Waals surface area contributed by atoms with Gasteiger partial charge in [-0.3, -0.25) is 0 Å². The molecule has 0 saturated carbocycles. The fourth-order valence-corrected chi connectivity index (χ4v) is 1.69. The first-order chi connectivity index (χ1) is 7.27. The Morgan fingerprint density at radius 3 is 2.87 bits per heavy atom. The van der Waals surface area contributed by atoms with Crippen LogP contribution in [0.25, 0.3) is 0 Å². The van der Waals surface area contributed by atoms with E-state index in [4.69, 9.17) is 20.8 Å². The Hall–Kier alpha value is -0.510. The summed E-state index contributed by atoms with van der Waals surface area (Å²) in [6.07, 6.45) is 2.00. The Morgan fingerprint density at radius 1 is 1.53 bits per heavy atom. The van der Waals surface area contributed by atoms with E-state index in [1.807, 2.05) is 6.07 Å². The molecule has 0 amide bonds. The molecule has 0 aliphatic carbocycles. The normalized spacial score (nSPS) is 13.0. The van der Waals surface area contributed by atoms with E-state index in [9.17, 15) is 0 Å². The van der Waals surface area contributed by atoms with Crippen molar-refractivity contribution in [2.45, 2.75) is 25.8 Å². The van der Waals surface area contributed by atoms with Crippen LogP contribution in [0.1, 0.15) is 31.6 Å². The van der Waals surface area contributed by atoms with Gasteiger partial charge in [0, 0.05) is 13.7 Å². The number of ether oxygens (including phenoxy) is 1. The first kappa shape index (κ1) is 12.6. The van der Waals surface area contributed by atoms with Gasteiger partial charge in [-0.15, -0.1) is 0 Å². The molecule has 0 bridgehead atoms. The number of rotatable bonds is 7. The highest BCUT2D eigenvalue weighted by molar-refractivity contribution is 6.28. The van der Waals surface area contributed by atoms with Crippen molar-refractivity contribution in [2.75, 3.05) is 20.3 Å². The molecule has 0 aliphatic rings. The highest BCUT2D eigenvalue weighted by Gasteiger charge is 2.13. The third kappa shape index (κ3) is 4.24. The number of hydrogen-bond donors (Lipinski definition) is 1. The molecule has 3 nitrogen and oxygen atoms in total. The predicted molar refractivity (Wildman–Crippen MR) is 61.2 cm³/mol. The van der Waals surface area contributed by atoms with Crippen molar-refractivity contribution < 1.29 is 9.15 Å². The summed E-state index contributed by atoms with van der Waals surface area (Å²) in [6.45, 7) is 3.76. The summed E-state index contributed by atoms with van der Waals surface area (Å²) in [4.78, 5) is 0. The molecular formula is C11H18ClNO2. The Morgan fingerprint density at radius 2 is 2.33 bits per heavy atom. The zero-order valence-electron chi connectivity index (χ0n) is 9.25. The predicted octanol–water partition coefficient (Wildman–Crippen LogP) is 3.01. The maximum atomic E-state index is 5.75. The quantitative estimate of drug-likeness (QED) is 0.733. The van der Waals surface area contributed by atoms with Crippen molar-refractivity contribution in [3.8, 4) is 0 Å². The van der Waals surface area contributed by atoms with Gasteiger partial charge < -0.3 is 14.5 Å². The number of furan rings is 1. The zero-order chi connectivity index (χ0) is 11.1. The van der Waals surface area contributed by atoms with Crippen molar-refractivity contribution in [1.82, 2.24) is 5.32 Å². The third-order valence-electron chi connectivity index (χ3n) is 2.23. The second kappa shape index (κ2) is 6.88. The minimum absolute atomic E-state index is 0.234. The molecular weight excluding hydrogens is 214 g/mol. The SMILES string of the molecule is CCNC(CCCOC)c1ccc(Cl)o1. The van der Waals surface area contributed by atoms with Gasteiger partial charge in [0.05, 0.1) is 6.04 Å². The Labute approximate surface area is 95.7 Å². The molecule has 1 heterocycles. The van der Waals surface area contributed by atoms with Crippen LogP contribution in [0.5, 0.6) is 0 Å². The molecule has 0 aromatic carbocycles. The van der Waals surface area contributed by atoms with Gasteiger partial charge in [-0.1, -0.05) is 6.92 Å². The van der Waals surface area contributed by atoms with Crippen LogP contribution < -0.4 is 5.32 Å². The topological polar surface area (TPSA) is 34.4 Å². The van der Waals surface area contributed by atoms with E-state index in [0.29, 0.717) is 5.22 Å². The zero-order valence-corrected chi connectivity index (χ0v) is 10.0. The van der Waals surface area contributed by atoms with Crippen LogP contribution in [0.3, 0.4) is 0 Å². The van der Waals surface area contributed by atoms with Crippen molar-refractivity contribution in [2.24, 2.45) is 0 Å². The van der Waals surface area contributed by atoms with Gasteiger partial charge >= 0.3 is 0 Å². The van der Waals surface area contributed by atoms with Crippen LogP contribution in [0.4, 0.5) is 0 Å². The largest absolute Gasteiger partial charge is 0.448 e. The van der Waals surface area contributed by atoms with Crippen LogP contribution >= 0.6 is 11.6 Å². The van der Waals surface area contributed by atoms with Crippen LogP contribution in [0.2, 0.25) is 5.22 Å². The lowest BCUT2D eigenvalue weighted by molar-refractivity contribution is 0.187. The fourth-order valence-electron chi connectivity index (χ4n) is 1.54. The summed E-state index contributed by atoms with van der Waals surface area (Å²) < 4.78 is 10.4. The first-order valence-electron chi connectivity index (χ1n) is 5.25. The van der Waals surface area contributed by atoms with Crippen LogP contribution in [0, 0.1) is 0 Å². The monoisotopic (exact) mass is 231 g/mol. The molecule has 0 fully saturated rings. The number of methoxy groups -OCH3 is 1. The Kier molecular flexibility index (Phi) is 5.76. The summed E-state index contributed by atoms with van der Waals surface area (Å²) in [5.74, 6) is 0.901. The third-order valence-corrected chi connectivity index (χ3v) is 2.43. The van der Waals surface area contributed by atoms with E-state index in [0.717, 1.165) is 31.8 Å². The van der Waals surface area contributed by atoms with E-state index < -0.39 is 0 Å². The average Bonchev–Trinajstić information content (AvgIpc) is 2.64. The summed E-state index contributed by atoms with van der Waals surface area (Å²) in [7, 11) is 1.71. The van der Waals surface area contributed by atoms with Crippen LogP contribution in [0.15, 0.2) is 16.5 Å². The maximum absolute atomic E-state index is 5.75. The molecule has 15 heavy (non-hydrogen) atoms. The summed E-state index contributed by atoms with van der Waals surface area (Å²) in [5, 5.41) is 3.81. The van der Waals surface area contributed by atoms with E-state index in [2.05, 4.69) is 12.2 Å². The molecule has 1 atom stereocenters. The minimum atomic E-state index is 0.234. The van der Waals surface area contributed by atoms with Gasteiger partial charge in [0.25, 0.3) is 0 Å². The van der Waals surface area contributed by atoms with Crippen LogP contribution in [-0.4, -0.2) is 20.3 Å². The molecule has 4 heteroatoms. The lowest BCUT2D eigenvalue weighted by Gasteiger charge is -2.14. The van der Waals surface area contributed by atoms with Gasteiger partial charge in [-0.25, -0.2) is 0 Å². The van der Waals surface area contributed by atoms with Crippen molar-refractivity contribution >= 4 is 11.6 Å².